The zero-order valence-corrected chi connectivity index (χ0v) is 11.2. The van der Waals surface area contributed by atoms with Crippen LogP contribution in [0.1, 0.15) is 36.3 Å². The van der Waals surface area contributed by atoms with E-state index in [1.54, 1.807) is 0 Å². The quantitative estimate of drug-likeness (QED) is 0.693. The van der Waals surface area contributed by atoms with E-state index in [0.29, 0.717) is 11.8 Å². The van der Waals surface area contributed by atoms with E-state index in [-0.39, 0.29) is 0 Å². The lowest BCUT2D eigenvalue weighted by Crippen LogP contribution is -2.02. The van der Waals surface area contributed by atoms with Gasteiger partial charge in [-0.2, -0.15) is 0 Å². The largest absolute Gasteiger partial charge is 0.0802 e. The van der Waals surface area contributed by atoms with Crippen molar-refractivity contribution in [2.75, 3.05) is 0 Å². The lowest BCUT2D eigenvalue weighted by Gasteiger charge is -2.16. The maximum Gasteiger partial charge on any atom is -0.00989 e. The molecule has 0 aromatic heterocycles. The summed E-state index contributed by atoms with van der Waals surface area (Å²) in [6, 6.07) is 21.6. The predicted octanol–water partition coefficient (Wildman–Crippen LogP) is 5.28. The lowest BCUT2D eigenvalue weighted by molar-refractivity contribution is 0.593. The molecule has 3 rings (SSSR count). The van der Waals surface area contributed by atoms with Crippen molar-refractivity contribution in [3.8, 4) is 0 Å². The monoisotopic (exact) mass is 248 g/mol. The number of benzene rings is 2. The van der Waals surface area contributed by atoms with Gasteiger partial charge in [-0.05, 0) is 35.8 Å². The van der Waals surface area contributed by atoms with Gasteiger partial charge in [0.15, 0.2) is 0 Å². The van der Waals surface area contributed by atoms with Crippen molar-refractivity contribution in [2.24, 2.45) is 5.92 Å². The smallest absolute Gasteiger partial charge is 0.00989 e. The number of rotatable bonds is 3. The number of hydrogen-bond acceptors (Lipinski definition) is 0. The maximum absolute atomic E-state index is 2.42. The molecule has 1 aliphatic rings. The molecule has 0 saturated heterocycles. The Labute approximate surface area is 115 Å². The molecule has 0 heterocycles. The van der Waals surface area contributed by atoms with E-state index in [9.17, 15) is 0 Å². The van der Waals surface area contributed by atoms with Gasteiger partial charge in [0.1, 0.15) is 0 Å². The third-order valence-corrected chi connectivity index (χ3v) is 4.13. The summed E-state index contributed by atoms with van der Waals surface area (Å²) in [5.41, 5.74) is 2.81. The van der Waals surface area contributed by atoms with E-state index in [4.69, 9.17) is 0 Å². The lowest BCUT2D eigenvalue weighted by atomic mass is 9.88. The molecule has 2 atom stereocenters. The van der Waals surface area contributed by atoms with Gasteiger partial charge in [-0.15, -0.1) is 0 Å². The van der Waals surface area contributed by atoms with Crippen molar-refractivity contribution in [2.45, 2.75) is 25.2 Å². The Morgan fingerprint density at radius 2 is 1.47 bits per heavy atom. The number of hydrogen-bond donors (Lipinski definition) is 0. The van der Waals surface area contributed by atoms with Crippen LogP contribution in [0.4, 0.5) is 0 Å². The molecule has 0 unspecified atom stereocenters. The molecule has 0 N–H and O–H groups in total. The Balaban J connectivity index is 1.75. The SMILES string of the molecule is C(=C\[C@@H]1CCC[C@H]1c1ccccc1)/c1ccccc1. The van der Waals surface area contributed by atoms with Gasteiger partial charge in [-0.1, -0.05) is 79.2 Å². The minimum atomic E-state index is 0.697. The fourth-order valence-corrected chi connectivity index (χ4v) is 3.13. The minimum absolute atomic E-state index is 0.697. The average Bonchev–Trinajstić information content (AvgIpc) is 2.95. The number of allylic oxidation sites excluding steroid dienone is 1. The summed E-state index contributed by atoms with van der Waals surface area (Å²) in [6.45, 7) is 0. The van der Waals surface area contributed by atoms with Crippen LogP contribution in [-0.2, 0) is 0 Å². The summed E-state index contributed by atoms with van der Waals surface area (Å²) in [5.74, 6) is 1.41. The Morgan fingerprint density at radius 3 is 2.21 bits per heavy atom. The van der Waals surface area contributed by atoms with Crippen LogP contribution in [0.3, 0.4) is 0 Å². The standard InChI is InChI=1S/C19H20/c1-3-8-16(9-4-1)14-15-18-12-7-13-19(18)17-10-5-2-6-11-17/h1-6,8-11,14-15,18-19H,7,12-13H2/b15-14+/t18-,19-/m0/s1. The molecule has 1 fully saturated rings. The van der Waals surface area contributed by atoms with E-state index in [2.05, 4.69) is 72.8 Å². The molecule has 0 aliphatic heterocycles. The van der Waals surface area contributed by atoms with Gasteiger partial charge in [0.25, 0.3) is 0 Å². The molecule has 1 aliphatic carbocycles. The average molecular weight is 248 g/mol. The first kappa shape index (κ1) is 12.2. The molecule has 1 saturated carbocycles. The molecule has 19 heavy (non-hydrogen) atoms. The molecular weight excluding hydrogens is 228 g/mol. The third-order valence-electron chi connectivity index (χ3n) is 4.13. The summed E-state index contributed by atoms with van der Waals surface area (Å²) < 4.78 is 0. The Bertz CT molecular complexity index is 524. The van der Waals surface area contributed by atoms with Gasteiger partial charge in [0, 0.05) is 0 Å². The summed E-state index contributed by atoms with van der Waals surface area (Å²) in [5, 5.41) is 0. The second-order valence-electron chi connectivity index (χ2n) is 5.38. The Hall–Kier alpha value is -1.82. The third kappa shape index (κ3) is 2.96. The summed E-state index contributed by atoms with van der Waals surface area (Å²) in [7, 11) is 0. The first-order chi connectivity index (χ1) is 9.43. The molecular formula is C19H20. The van der Waals surface area contributed by atoms with Gasteiger partial charge in [0.05, 0.1) is 0 Å². The van der Waals surface area contributed by atoms with Gasteiger partial charge in [-0.25, -0.2) is 0 Å². The van der Waals surface area contributed by atoms with Crippen molar-refractivity contribution >= 4 is 6.08 Å². The van der Waals surface area contributed by atoms with Crippen LogP contribution in [0, 0.1) is 5.92 Å². The highest BCUT2D eigenvalue weighted by Crippen LogP contribution is 2.40. The van der Waals surface area contributed by atoms with Crippen LogP contribution in [-0.4, -0.2) is 0 Å². The topological polar surface area (TPSA) is 0 Å². The first-order valence-corrected chi connectivity index (χ1v) is 7.22. The van der Waals surface area contributed by atoms with E-state index in [0.717, 1.165) is 0 Å². The molecule has 96 valence electrons. The molecule has 0 amide bonds. The van der Waals surface area contributed by atoms with Crippen molar-refractivity contribution in [3.05, 3.63) is 77.9 Å². The predicted molar refractivity (Wildman–Crippen MR) is 82.0 cm³/mol. The molecule has 2 aromatic rings. The molecule has 2 aromatic carbocycles. The molecule has 0 heteroatoms. The van der Waals surface area contributed by atoms with E-state index < -0.39 is 0 Å². The van der Waals surface area contributed by atoms with Crippen LogP contribution in [0.25, 0.3) is 6.08 Å². The van der Waals surface area contributed by atoms with Crippen molar-refractivity contribution in [1.82, 2.24) is 0 Å². The minimum Gasteiger partial charge on any atom is -0.0802 e. The van der Waals surface area contributed by atoms with Gasteiger partial charge in [-0.3, -0.25) is 0 Å². The zero-order chi connectivity index (χ0) is 12.9. The molecule has 0 nitrogen and oxygen atoms in total. The zero-order valence-electron chi connectivity index (χ0n) is 11.2. The maximum atomic E-state index is 2.42. The van der Waals surface area contributed by atoms with Gasteiger partial charge >= 0.3 is 0 Å². The fourth-order valence-electron chi connectivity index (χ4n) is 3.13. The highest BCUT2D eigenvalue weighted by molar-refractivity contribution is 5.49. The fraction of sp³-hybridized carbons (Fsp3) is 0.263. The van der Waals surface area contributed by atoms with E-state index >= 15 is 0 Å². The van der Waals surface area contributed by atoms with Crippen LogP contribution >= 0.6 is 0 Å². The Kier molecular flexibility index (Phi) is 3.78. The first-order valence-electron chi connectivity index (χ1n) is 7.22. The van der Waals surface area contributed by atoms with Gasteiger partial charge < -0.3 is 0 Å². The normalized spacial score (nSPS) is 22.9. The summed E-state index contributed by atoms with van der Waals surface area (Å²) in [6.07, 6.45) is 8.70. The van der Waals surface area contributed by atoms with Crippen LogP contribution < -0.4 is 0 Å². The summed E-state index contributed by atoms with van der Waals surface area (Å²) in [4.78, 5) is 0. The van der Waals surface area contributed by atoms with E-state index in [1.165, 1.54) is 30.4 Å². The van der Waals surface area contributed by atoms with Crippen LogP contribution in [0.15, 0.2) is 66.7 Å². The highest BCUT2D eigenvalue weighted by Gasteiger charge is 2.26. The van der Waals surface area contributed by atoms with Crippen molar-refractivity contribution < 1.29 is 0 Å². The van der Waals surface area contributed by atoms with Crippen molar-refractivity contribution in [3.63, 3.8) is 0 Å². The van der Waals surface area contributed by atoms with Crippen LogP contribution in [0.5, 0.6) is 0 Å². The van der Waals surface area contributed by atoms with Crippen LogP contribution in [0.2, 0.25) is 0 Å². The second-order valence-corrected chi connectivity index (χ2v) is 5.38. The van der Waals surface area contributed by atoms with E-state index in [1.807, 2.05) is 0 Å². The van der Waals surface area contributed by atoms with Crippen molar-refractivity contribution in [1.29, 1.82) is 0 Å². The Morgan fingerprint density at radius 1 is 0.789 bits per heavy atom. The molecule has 0 radical (unpaired) electrons. The highest BCUT2D eigenvalue weighted by atomic mass is 14.3. The summed E-state index contributed by atoms with van der Waals surface area (Å²) >= 11 is 0. The second kappa shape index (κ2) is 5.88. The molecule has 0 spiro atoms. The molecule has 0 bridgehead atoms. The van der Waals surface area contributed by atoms with Gasteiger partial charge in [0.2, 0.25) is 0 Å².